The van der Waals surface area contributed by atoms with Crippen molar-refractivity contribution < 1.29 is 14.6 Å². The van der Waals surface area contributed by atoms with Gasteiger partial charge in [-0.05, 0) is 51.1 Å². The van der Waals surface area contributed by atoms with E-state index in [0.717, 1.165) is 18.7 Å². The lowest BCUT2D eigenvalue weighted by molar-refractivity contribution is -0.137. The van der Waals surface area contributed by atoms with Crippen molar-refractivity contribution in [2.75, 3.05) is 20.7 Å². The molecule has 0 heterocycles. The molecule has 0 amide bonds. The molecule has 1 rings (SSSR count). The Balaban J connectivity index is 2.39. The van der Waals surface area contributed by atoms with Crippen molar-refractivity contribution in [1.29, 1.82) is 0 Å². The van der Waals surface area contributed by atoms with Gasteiger partial charge in [0.2, 0.25) is 0 Å². The zero-order valence-corrected chi connectivity index (χ0v) is 11.9. The summed E-state index contributed by atoms with van der Waals surface area (Å²) >= 11 is 0. The van der Waals surface area contributed by atoms with Gasteiger partial charge in [-0.25, -0.2) is 0 Å². The Labute approximate surface area is 115 Å². The van der Waals surface area contributed by atoms with Gasteiger partial charge in [-0.1, -0.05) is 12.1 Å². The van der Waals surface area contributed by atoms with Gasteiger partial charge >= 0.3 is 5.97 Å². The Hall–Kier alpha value is -1.55. The van der Waals surface area contributed by atoms with E-state index in [1.165, 1.54) is 5.56 Å². The molecule has 1 aromatic rings. The summed E-state index contributed by atoms with van der Waals surface area (Å²) in [5, 5.41) is 8.62. The van der Waals surface area contributed by atoms with E-state index in [4.69, 9.17) is 9.84 Å². The molecule has 4 heteroatoms. The molecule has 0 aliphatic rings. The van der Waals surface area contributed by atoms with E-state index in [1.54, 1.807) is 7.11 Å². The minimum absolute atomic E-state index is 0.236. The molecule has 0 aromatic heterocycles. The van der Waals surface area contributed by atoms with Crippen molar-refractivity contribution in [2.24, 2.45) is 0 Å². The number of nitrogens with zero attached hydrogens (tertiary/aromatic N) is 1. The monoisotopic (exact) mass is 265 g/mol. The molecule has 19 heavy (non-hydrogen) atoms. The lowest BCUT2D eigenvalue weighted by Gasteiger charge is -2.24. The van der Waals surface area contributed by atoms with Gasteiger partial charge in [0.1, 0.15) is 5.75 Å². The second-order valence-electron chi connectivity index (χ2n) is 4.88. The third kappa shape index (κ3) is 5.75. The van der Waals surface area contributed by atoms with Gasteiger partial charge in [0, 0.05) is 12.5 Å². The number of carboxylic acid groups (broad SMARTS) is 1. The minimum atomic E-state index is -0.726. The summed E-state index contributed by atoms with van der Waals surface area (Å²) in [7, 11) is 3.70. The molecule has 0 spiro atoms. The fraction of sp³-hybridized carbons (Fsp3) is 0.533. The summed E-state index contributed by atoms with van der Waals surface area (Å²) in [6, 6.07) is 8.46. The van der Waals surface area contributed by atoms with Gasteiger partial charge in [-0.2, -0.15) is 0 Å². The van der Waals surface area contributed by atoms with Crippen molar-refractivity contribution in [1.82, 2.24) is 4.90 Å². The average Bonchev–Trinajstić information content (AvgIpc) is 2.39. The SMILES string of the molecule is COc1ccc(CC(C)N(C)CCCC(=O)O)cc1. The Kier molecular flexibility index (Phi) is 6.36. The first-order valence-corrected chi connectivity index (χ1v) is 6.58. The number of carbonyl (C=O) groups is 1. The molecule has 1 atom stereocenters. The van der Waals surface area contributed by atoms with E-state index in [2.05, 4.69) is 24.0 Å². The zero-order chi connectivity index (χ0) is 14.3. The second kappa shape index (κ2) is 7.79. The van der Waals surface area contributed by atoms with Crippen molar-refractivity contribution in [3.8, 4) is 5.75 Å². The quantitative estimate of drug-likeness (QED) is 0.784. The van der Waals surface area contributed by atoms with Gasteiger partial charge in [0.05, 0.1) is 7.11 Å². The molecule has 0 saturated heterocycles. The number of hydrogen-bond donors (Lipinski definition) is 1. The van der Waals surface area contributed by atoms with Crippen molar-refractivity contribution in [2.45, 2.75) is 32.2 Å². The van der Waals surface area contributed by atoms with Crippen LogP contribution in [0.15, 0.2) is 24.3 Å². The van der Waals surface area contributed by atoms with Crippen molar-refractivity contribution in [3.05, 3.63) is 29.8 Å². The van der Waals surface area contributed by atoms with Gasteiger partial charge < -0.3 is 14.7 Å². The highest BCUT2D eigenvalue weighted by Gasteiger charge is 2.10. The number of benzene rings is 1. The van der Waals surface area contributed by atoms with Crippen LogP contribution in [0.3, 0.4) is 0 Å². The van der Waals surface area contributed by atoms with Crippen LogP contribution < -0.4 is 4.74 Å². The molecular formula is C15H23NO3. The van der Waals surface area contributed by atoms with Crippen LogP contribution in [-0.2, 0) is 11.2 Å². The van der Waals surface area contributed by atoms with E-state index >= 15 is 0 Å². The highest BCUT2D eigenvalue weighted by Crippen LogP contribution is 2.14. The molecule has 1 unspecified atom stereocenters. The van der Waals surface area contributed by atoms with Crippen LogP contribution in [0.5, 0.6) is 5.75 Å². The summed E-state index contributed by atoms with van der Waals surface area (Å²) in [4.78, 5) is 12.7. The number of aliphatic carboxylic acids is 1. The van der Waals surface area contributed by atoms with E-state index in [9.17, 15) is 4.79 Å². The standard InChI is InChI=1S/C15H23NO3/c1-12(16(2)10-4-5-15(17)18)11-13-6-8-14(19-3)9-7-13/h6-9,12H,4-5,10-11H2,1-3H3,(H,17,18). The first-order valence-electron chi connectivity index (χ1n) is 6.58. The highest BCUT2D eigenvalue weighted by molar-refractivity contribution is 5.66. The summed E-state index contributed by atoms with van der Waals surface area (Å²) < 4.78 is 5.13. The Morgan fingerprint density at radius 1 is 1.37 bits per heavy atom. The fourth-order valence-corrected chi connectivity index (χ4v) is 1.96. The van der Waals surface area contributed by atoms with E-state index in [-0.39, 0.29) is 6.42 Å². The summed E-state index contributed by atoms with van der Waals surface area (Å²) in [6.07, 6.45) is 1.88. The number of hydrogen-bond acceptors (Lipinski definition) is 3. The van der Waals surface area contributed by atoms with Gasteiger partial charge in [-0.3, -0.25) is 4.79 Å². The van der Waals surface area contributed by atoms with E-state index in [0.29, 0.717) is 12.5 Å². The minimum Gasteiger partial charge on any atom is -0.497 e. The molecule has 4 nitrogen and oxygen atoms in total. The van der Waals surface area contributed by atoms with Crippen LogP contribution in [-0.4, -0.2) is 42.7 Å². The summed E-state index contributed by atoms with van der Waals surface area (Å²) in [6.45, 7) is 2.97. The van der Waals surface area contributed by atoms with Crippen LogP contribution in [0.2, 0.25) is 0 Å². The maximum Gasteiger partial charge on any atom is 0.303 e. The average molecular weight is 265 g/mol. The fourth-order valence-electron chi connectivity index (χ4n) is 1.96. The molecule has 0 aliphatic heterocycles. The number of carboxylic acids is 1. The summed E-state index contributed by atoms with van der Waals surface area (Å²) in [5.74, 6) is 0.141. The molecule has 1 aromatic carbocycles. The zero-order valence-electron chi connectivity index (χ0n) is 11.9. The predicted octanol–water partition coefficient (Wildman–Crippen LogP) is 2.42. The third-order valence-corrected chi connectivity index (χ3v) is 3.34. The van der Waals surface area contributed by atoms with Gasteiger partial charge in [0.15, 0.2) is 0 Å². The topological polar surface area (TPSA) is 49.8 Å². The molecule has 0 aliphatic carbocycles. The predicted molar refractivity (Wildman–Crippen MR) is 75.7 cm³/mol. The molecule has 0 fully saturated rings. The van der Waals surface area contributed by atoms with Crippen LogP contribution >= 0.6 is 0 Å². The van der Waals surface area contributed by atoms with E-state index < -0.39 is 5.97 Å². The lowest BCUT2D eigenvalue weighted by atomic mass is 10.1. The van der Waals surface area contributed by atoms with Crippen LogP contribution in [0, 0.1) is 0 Å². The smallest absolute Gasteiger partial charge is 0.303 e. The number of methoxy groups -OCH3 is 1. The Morgan fingerprint density at radius 2 is 2.00 bits per heavy atom. The molecule has 0 bridgehead atoms. The molecule has 1 N–H and O–H groups in total. The maximum absolute atomic E-state index is 10.5. The second-order valence-corrected chi connectivity index (χ2v) is 4.88. The van der Waals surface area contributed by atoms with Crippen LogP contribution in [0.1, 0.15) is 25.3 Å². The molecule has 0 saturated carbocycles. The van der Waals surface area contributed by atoms with Crippen molar-refractivity contribution in [3.63, 3.8) is 0 Å². The number of likely N-dealkylation sites (N-methyl/N-ethyl adjacent to an activating group) is 1. The largest absolute Gasteiger partial charge is 0.497 e. The first-order chi connectivity index (χ1) is 9.02. The maximum atomic E-state index is 10.5. The highest BCUT2D eigenvalue weighted by atomic mass is 16.5. The van der Waals surface area contributed by atoms with E-state index in [1.807, 2.05) is 19.2 Å². The Morgan fingerprint density at radius 3 is 2.53 bits per heavy atom. The van der Waals surface area contributed by atoms with Crippen LogP contribution in [0.4, 0.5) is 0 Å². The third-order valence-electron chi connectivity index (χ3n) is 3.34. The number of rotatable bonds is 8. The number of ether oxygens (including phenoxy) is 1. The molecule has 106 valence electrons. The molecular weight excluding hydrogens is 242 g/mol. The van der Waals surface area contributed by atoms with Gasteiger partial charge in [-0.15, -0.1) is 0 Å². The lowest BCUT2D eigenvalue weighted by Crippen LogP contribution is -2.32. The van der Waals surface area contributed by atoms with Gasteiger partial charge in [0.25, 0.3) is 0 Å². The Bertz CT molecular complexity index is 389. The normalized spacial score (nSPS) is 12.4. The van der Waals surface area contributed by atoms with Crippen LogP contribution in [0.25, 0.3) is 0 Å². The summed E-state index contributed by atoms with van der Waals surface area (Å²) in [5.41, 5.74) is 1.26. The molecule has 0 radical (unpaired) electrons. The first kappa shape index (κ1) is 15.5. The van der Waals surface area contributed by atoms with Crippen molar-refractivity contribution >= 4 is 5.97 Å².